The van der Waals surface area contributed by atoms with Crippen LogP contribution in [0.4, 0.5) is 4.39 Å². The Morgan fingerprint density at radius 1 is 1.43 bits per heavy atom. The predicted octanol–water partition coefficient (Wildman–Crippen LogP) is 1.53. The van der Waals surface area contributed by atoms with Crippen LogP contribution in [0.15, 0.2) is 30.5 Å². The molecule has 1 aromatic heterocycles. The molecule has 3 rings (SSSR count). The highest BCUT2D eigenvalue weighted by atomic mass is 19.1. The van der Waals surface area contributed by atoms with Gasteiger partial charge in [0.2, 0.25) is 0 Å². The van der Waals surface area contributed by atoms with Crippen molar-refractivity contribution in [1.82, 2.24) is 14.7 Å². The van der Waals surface area contributed by atoms with Crippen LogP contribution in [0.2, 0.25) is 0 Å². The molecule has 2 aromatic rings. The van der Waals surface area contributed by atoms with Gasteiger partial charge in [-0.15, -0.1) is 0 Å². The number of hydrogen-bond donors (Lipinski definition) is 1. The van der Waals surface area contributed by atoms with Gasteiger partial charge in [-0.3, -0.25) is 4.79 Å². The summed E-state index contributed by atoms with van der Waals surface area (Å²) < 4.78 is 15.3. The fraction of sp³-hybridized carbons (Fsp3) is 0.333. The third-order valence-corrected chi connectivity index (χ3v) is 3.77. The van der Waals surface area contributed by atoms with Crippen molar-refractivity contribution in [2.75, 3.05) is 13.1 Å². The standard InChI is InChI=1S/C15H16FN3O2/c1-10-12(15(21)18-7-6-11(20)9-18)8-17-19(10)14-5-3-2-4-13(14)16/h2-5,8,11,20H,6-7,9H2,1H3/t11-/m1/s1. The van der Waals surface area contributed by atoms with Crippen LogP contribution >= 0.6 is 0 Å². The zero-order valence-electron chi connectivity index (χ0n) is 11.7. The highest BCUT2D eigenvalue weighted by molar-refractivity contribution is 5.95. The molecule has 5 nitrogen and oxygen atoms in total. The van der Waals surface area contributed by atoms with Crippen LogP contribution in [0, 0.1) is 12.7 Å². The third-order valence-electron chi connectivity index (χ3n) is 3.77. The first-order valence-corrected chi connectivity index (χ1v) is 6.85. The smallest absolute Gasteiger partial charge is 0.257 e. The second-order valence-electron chi connectivity index (χ2n) is 5.20. The van der Waals surface area contributed by atoms with Gasteiger partial charge in [-0.05, 0) is 25.5 Å². The van der Waals surface area contributed by atoms with Gasteiger partial charge in [0.15, 0.2) is 0 Å². The first kappa shape index (κ1) is 13.8. The fourth-order valence-electron chi connectivity index (χ4n) is 2.58. The number of rotatable bonds is 2. The minimum atomic E-state index is -0.462. The van der Waals surface area contributed by atoms with Crippen LogP contribution in [-0.2, 0) is 0 Å². The lowest BCUT2D eigenvalue weighted by Gasteiger charge is -2.15. The number of likely N-dealkylation sites (tertiary alicyclic amines) is 1. The van der Waals surface area contributed by atoms with Crippen molar-refractivity contribution in [2.45, 2.75) is 19.4 Å². The molecule has 1 aliphatic heterocycles. The highest BCUT2D eigenvalue weighted by Gasteiger charge is 2.28. The maximum absolute atomic E-state index is 13.8. The predicted molar refractivity (Wildman–Crippen MR) is 74.8 cm³/mol. The molecular formula is C15H16FN3O2. The number of β-amino-alcohol motifs (C(OH)–C–C–N with tert-alkyl or cyclic N) is 1. The number of aliphatic hydroxyl groups is 1. The monoisotopic (exact) mass is 289 g/mol. The van der Waals surface area contributed by atoms with Crippen molar-refractivity contribution in [3.63, 3.8) is 0 Å². The Morgan fingerprint density at radius 3 is 2.86 bits per heavy atom. The van der Waals surface area contributed by atoms with Crippen LogP contribution in [-0.4, -0.2) is 44.9 Å². The van der Waals surface area contributed by atoms with E-state index >= 15 is 0 Å². The average Bonchev–Trinajstić information content (AvgIpc) is 3.05. The summed E-state index contributed by atoms with van der Waals surface area (Å²) in [5.74, 6) is -0.564. The molecule has 2 heterocycles. The largest absolute Gasteiger partial charge is 0.391 e. The average molecular weight is 289 g/mol. The Bertz CT molecular complexity index is 683. The Morgan fingerprint density at radius 2 is 2.19 bits per heavy atom. The first-order valence-electron chi connectivity index (χ1n) is 6.85. The second-order valence-corrected chi connectivity index (χ2v) is 5.20. The summed E-state index contributed by atoms with van der Waals surface area (Å²) >= 11 is 0. The Hall–Kier alpha value is -2.21. The van der Waals surface area contributed by atoms with Gasteiger partial charge in [0.1, 0.15) is 11.5 Å². The summed E-state index contributed by atoms with van der Waals surface area (Å²) in [7, 11) is 0. The van der Waals surface area contributed by atoms with E-state index in [0.717, 1.165) is 0 Å². The van der Waals surface area contributed by atoms with E-state index in [-0.39, 0.29) is 11.7 Å². The number of para-hydroxylation sites is 1. The Labute approximate surface area is 121 Å². The lowest BCUT2D eigenvalue weighted by atomic mass is 10.2. The summed E-state index contributed by atoms with van der Waals surface area (Å²) in [4.78, 5) is 14.0. The van der Waals surface area contributed by atoms with Gasteiger partial charge >= 0.3 is 0 Å². The molecule has 0 aliphatic carbocycles. The minimum Gasteiger partial charge on any atom is -0.391 e. The van der Waals surface area contributed by atoms with Crippen molar-refractivity contribution in [3.05, 3.63) is 47.5 Å². The molecule has 0 spiro atoms. The van der Waals surface area contributed by atoms with Crippen LogP contribution < -0.4 is 0 Å². The van der Waals surface area contributed by atoms with E-state index in [1.165, 1.54) is 16.9 Å². The lowest BCUT2D eigenvalue weighted by molar-refractivity contribution is 0.0764. The van der Waals surface area contributed by atoms with Gasteiger partial charge in [0.05, 0.1) is 23.6 Å². The molecule has 6 heteroatoms. The summed E-state index contributed by atoms with van der Waals surface area (Å²) in [6.07, 6.45) is 1.58. The van der Waals surface area contributed by atoms with Gasteiger partial charge in [-0.25, -0.2) is 9.07 Å². The summed E-state index contributed by atoms with van der Waals surface area (Å²) in [6.45, 7) is 2.60. The molecule has 1 aromatic carbocycles. The number of carbonyl (C=O) groups excluding carboxylic acids is 1. The number of nitrogens with zero attached hydrogens (tertiary/aromatic N) is 3. The van der Waals surface area contributed by atoms with Gasteiger partial charge < -0.3 is 10.0 Å². The van der Waals surface area contributed by atoms with E-state index in [0.29, 0.717) is 36.5 Å². The quantitative estimate of drug-likeness (QED) is 0.912. The van der Waals surface area contributed by atoms with Crippen LogP contribution in [0.25, 0.3) is 5.69 Å². The normalized spacial score (nSPS) is 18.2. The maximum atomic E-state index is 13.8. The molecule has 0 unspecified atom stereocenters. The van der Waals surface area contributed by atoms with E-state index in [1.807, 2.05) is 0 Å². The molecule has 1 N–H and O–H groups in total. The number of carbonyl (C=O) groups is 1. The van der Waals surface area contributed by atoms with Gasteiger partial charge in [0.25, 0.3) is 5.91 Å². The van der Waals surface area contributed by atoms with Crippen molar-refractivity contribution in [2.24, 2.45) is 0 Å². The van der Waals surface area contributed by atoms with Gasteiger partial charge in [-0.1, -0.05) is 12.1 Å². The van der Waals surface area contributed by atoms with Crippen molar-refractivity contribution in [3.8, 4) is 5.69 Å². The number of amides is 1. The molecule has 0 radical (unpaired) electrons. The fourth-order valence-corrected chi connectivity index (χ4v) is 2.58. The van der Waals surface area contributed by atoms with E-state index in [1.54, 1.807) is 30.0 Å². The Kier molecular flexibility index (Phi) is 3.47. The molecular weight excluding hydrogens is 273 g/mol. The molecule has 0 saturated carbocycles. The van der Waals surface area contributed by atoms with E-state index in [2.05, 4.69) is 5.10 Å². The topological polar surface area (TPSA) is 58.4 Å². The third kappa shape index (κ3) is 2.42. The molecule has 1 atom stereocenters. The van der Waals surface area contributed by atoms with Gasteiger partial charge in [-0.2, -0.15) is 5.10 Å². The SMILES string of the molecule is Cc1c(C(=O)N2CC[C@@H](O)C2)cnn1-c1ccccc1F. The highest BCUT2D eigenvalue weighted by Crippen LogP contribution is 2.20. The van der Waals surface area contributed by atoms with Crippen LogP contribution in [0.3, 0.4) is 0 Å². The number of aromatic nitrogens is 2. The van der Waals surface area contributed by atoms with E-state index in [4.69, 9.17) is 0 Å². The number of benzene rings is 1. The zero-order chi connectivity index (χ0) is 15.0. The van der Waals surface area contributed by atoms with Gasteiger partial charge in [0, 0.05) is 13.1 Å². The number of aliphatic hydroxyl groups excluding tert-OH is 1. The summed E-state index contributed by atoms with van der Waals surface area (Å²) in [6, 6.07) is 6.30. The minimum absolute atomic E-state index is 0.174. The first-order chi connectivity index (χ1) is 10.1. The molecule has 1 amide bonds. The number of halogens is 1. The molecule has 1 aliphatic rings. The van der Waals surface area contributed by atoms with Crippen molar-refractivity contribution < 1.29 is 14.3 Å². The molecule has 1 saturated heterocycles. The Balaban J connectivity index is 1.93. The molecule has 0 bridgehead atoms. The van der Waals surface area contributed by atoms with Crippen LogP contribution in [0.1, 0.15) is 22.5 Å². The molecule has 110 valence electrons. The number of hydrogen-bond acceptors (Lipinski definition) is 3. The van der Waals surface area contributed by atoms with Crippen molar-refractivity contribution in [1.29, 1.82) is 0 Å². The second kappa shape index (κ2) is 5.29. The molecule has 21 heavy (non-hydrogen) atoms. The zero-order valence-corrected chi connectivity index (χ0v) is 11.7. The molecule has 1 fully saturated rings. The lowest BCUT2D eigenvalue weighted by Crippen LogP contribution is -2.29. The summed E-state index contributed by atoms with van der Waals surface area (Å²) in [5.41, 5.74) is 1.34. The maximum Gasteiger partial charge on any atom is 0.257 e. The summed E-state index contributed by atoms with van der Waals surface area (Å²) in [5, 5.41) is 13.6. The van der Waals surface area contributed by atoms with Crippen molar-refractivity contribution >= 4 is 5.91 Å². The van der Waals surface area contributed by atoms with E-state index < -0.39 is 6.10 Å². The van der Waals surface area contributed by atoms with E-state index in [9.17, 15) is 14.3 Å². The van der Waals surface area contributed by atoms with Crippen LogP contribution in [0.5, 0.6) is 0 Å².